The Morgan fingerprint density at radius 1 is 1.18 bits per heavy atom. The monoisotopic (exact) mass is 244 g/mol. The predicted octanol–water partition coefficient (Wildman–Crippen LogP) is 3.71. The highest BCUT2D eigenvalue weighted by atomic mass is 35.5. The van der Waals surface area contributed by atoms with Crippen molar-refractivity contribution in [1.29, 1.82) is 5.26 Å². The molecule has 1 aromatic carbocycles. The quantitative estimate of drug-likeness (QED) is 0.809. The first kappa shape index (κ1) is 11.4. The standard InChI is InChI=1S/C13H9ClN2O/c1-9-13(7-4-11(8-15)16-9)17-12-5-2-10(14)3-6-12/h2-7H,1H3. The third-order valence-electron chi connectivity index (χ3n) is 2.19. The van der Waals surface area contributed by atoms with Crippen molar-refractivity contribution in [2.75, 3.05) is 0 Å². The van der Waals surface area contributed by atoms with Crippen molar-refractivity contribution in [3.05, 3.63) is 52.8 Å². The van der Waals surface area contributed by atoms with Crippen molar-refractivity contribution >= 4 is 11.6 Å². The minimum atomic E-state index is 0.381. The van der Waals surface area contributed by atoms with Crippen molar-refractivity contribution in [3.8, 4) is 17.6 Å². The Bertz CT molecular complexity index is 573. The molecule has 84 valence electrons. The molecule has 1 aromatic heterocycles. The highest BCUT2D eigenvalue weighted by molar-refractivity contribution is 6.30. The molecule has 0 radical (unpaired) electrons. The summed E-state index contributed by atoms with van der Waals surface area (Å²) in [4.78, 5) is 4.09. The summed E-state index contributed by atoms with van der Waals surface area (Å²) in [5.74, 6) is 1.32. The summed E-state index contributed by atoms with van der Waals surface area (Å²) in [6, 6.07) is 12.4. The van der Waals surface area contributed by atoms with Gasteiger partial charge >= 0.3 is 0 Å². The zero-order chi connectivity index (χ0) is 12.3. The molecule has 0 bridgehead atoms. The van der Waals surface area contributed by atoms with Crippen LogP contribution in [0.4, 0.5) is 0 Å². The van der Waals surface area contributed by atoms with Gasteiger partial charge in [-0.05, 0) is 43.3 Å². The fraction of sp³-hybridized carbons (Fsp3) is 0.0769. The number of benzene rings is 1. The Morgan fingerprint density at radius 3 is 2.47 bits per heavy atom. The zero-order valence-corrected chi connectivity index (χ0v) is 9.90. The van der Waals surface area contributed by atoms with Gasteiger partial charge in [0.2, 0.25) is 0 Å². The van der Waals surface area contributed by atoms with Gasteiger partial charge in [0.25, 0.3) is 0 Å². The summed E-state index contributed by atoms with van der Waals surface area (Å²) in [6.07, 6.45) is 0. The van der Waals surface area contributed by atoms with Gasteiger partial charge < -0.3 is 4.74 Å². The fourth-order valence-corrected chi connectivity index (χ4v) is 1.47. The van der Waals surface area contributed by atoms with Crippen molar-refractivity contribution in [2.45, 2.75) is 6.92 Å². The Kier molecular flexibility index (Phi) is 3.27. The van der Waals surface area contributed by atoms with Gasteiger partial charge in [0.05, 0.1) is 5.69 Å². The summed E-state index contributed by atoms with van der Waals surface area (Å²) >= 11 is 5.78. The molecule has 3 nitrogen and oxygen atoms in total. The number of hydrogen-bond donors (Lipinski definition) is 0. The highest BCUT2D eigenvalue weighted by Crippen LogP contribution is 2.25. The largest absolute Gasteiger partial charge is 0.455 e. The molecular formula is C13H9ClN2O. The average Bonchev–Trinajstić information content (AvgIpc) is 2.34. The van der Waals surface area contributed by atoms with Gasteiger partial charge in [-0.15, -0.1) is 0 Å². The van der Waals surface area contributed by atoms with Crippen LogP contribution in [0.5, 0.6) is 11.5 Å². The Morgan fingerprint density at radius 2 is 1.88 bits per heavy atom. The van der Waals surface area contributed by atoms with Gasteiger partial charge in [0, 0.05) is 5.02 Å². The number of pyridine rings is 1. The number of ether oxygens (including phenoxy) is 1. The lowest BCUT2D eigenvalue weighted by Crippen LogP contribution is -1.92. The van der Waals surface area contributed by atoms with E-state index in [0.29, 0.717) is 27.9 Å². The van der Waals surface area contributed by atoms with E-state index in [1.165, 1.54) is 0 Å². The number of rotatable bonds is 2. The van der Waals surface area contributed by atoms with E-state index in [9.17, 15) is 0 Å². The summed E-state index contributed by atoms with van der Waals surface area (Å²) in [7, 11) is 0. The summed E-state index contributed by atoms with van der Waals surface area (Å²) in [6.45, 7) is 1.80. The lowest BCUT2D eigenvalue weighted by atomic mass is 10.3. The number of halogens is 1. The van der Waals surface area contributed by atoms with Gasteiger partial charge in [0.1, 0.15) is 23.3 Å². The van der Waals surface area contributed by atoms with E-state index in [-0.39, 0.29) is 0 Å². The van der Waals surface area contributed by atoms with E-state index in [1.807, 2.05) is 6.07 Å². The fourth-order valence-electron chi connectivity index (χ4n) is 1.35. The van der Waals surface area contributed by atoms with Crippen LogP contribution in [0.25, 0.3) is 0 Å². The van der Waals surface area contributed by atoms with Crippen LogP contribution < -0.4 is 4.74 Å². The lowest BCUT2D eigenvalue weighted by Gasteiger charge is -2.07. The van der Waals surface area contributed by atoms with Crippen LogP contribution in [0, 0.1) is 18.3 Å². The van der Waals surface area contributed by atoms with Crippen molar-refractivity contribution < 1.29 is 4.74 Å². The normalized spacial score (nSPS) is 9.71. The molecule has 2 rings (SSSR count). The van der Waals surface area contributed by atoms with Crippen molar-refractivity contribution in [2.24, 2.45) is 0 Å². The van der Waals surface area contributed by atoms with E-state index in [2.05, 4.69) is 4.98 Å². The van der Waals surface area contributed by atoms with E-state index in [1.54, 1.807) is 43.3 Å². The van der Waals surface area contributed by atoms with Crippen LogP contribution in [0.1, 0.15) is 11.4 Å². The molecule has 0 spiro atoms. The van der Waals surface area contributed by atoms with Crippen LogP contribution in [0.3, 0.4) is 0 Å². The first-order valence-corrected chi connectivity index (χ1v) is 5.38. The third kappa shape index (κ3) is 2.74. The maximum absolute atomic E-state index is 8.71. The van der Waals surface area contributed by atoms with E-state index in [0.717, 1.165) is 0 Å². The number of nitriles is 1. The molecule has 0 unspecified atom stereocenters. The van der Waals surface area contributed by atoms with Gasteiger partial charge in [-0.3, -0.25) is 0 Å². The molecule has 0 N–H and O–H groups in total. The second-order valence-electron chi connectivity index (χ2n) is 3.45. The minimum absolute atomic E-state index is 0.381. The number of aryl methyl sites for hydroxylation is 1. The summed E-state index contributed by atoms with van der Waals surface area (Å²) < 4.78 is 5.63. The molecule has 0 aliphatic heterocycles. The second kappa shape index (κ2) is 4.86. The Balaban J connectivity index is 2.25. The molecule has 0 amide bonds. The topological polar surface area (TPSA) is 45.9 Å². The van der Waals surface area contributed by atoms with Crippen LogP contribution in [-0.2, 0) is 0 Å². The van der Waals surface area contributed by atoms with Gasteiger partial charge in [0.15, 0.2) is 0 Å². The number of hydrogen-bond acceptors (Lipinski definition) is 3. The molecule has 0 saturated heterocycles. The van der Waals surface area contributed by atoms with Gasteiger partial charge in [-0.2, -0.15) is 5.26 Å². The maximum Gasteiger partial charge on any atom is 0.148 e. The van der Waals surface area contributed by atoms with Gasteiger partial charge in [-0.1, -0.05) is 11.6 Å². The Hall–Kier alpha value is -2.05. The van der Waals surface area contributed by atoms with Crippen LogP contribution >= 0.6 is 11.6 Å². The molecule has 0 aliphatic carbocycles. The van der Waals surface area contributed by atoms with E-state index >= 15 is 0 Å². The molecule has 0 aliphatic rings. The van der Waals surface area contributed by atoms with E-state index in [4.69, 9.17) is 21.6 Å². The lowest BCUT2D eigenvalue weighted by molar-refractivity contribution is 0.475. The average molecular weight is 245 g/mol. The van der Waals surface area contributed by atoms with Crippen molar-refractivity contribution in [1.82, 2.24) is 4.98 Å². The Labute approximate surface area is 104 Å². The van der Waals surface area contributed by atoms with Crippen LogP contribution in [0.15, 0.2) is 36.4 Å². The summed E-state index contributed by atoms with van der Waals surface area (Å²) in [5, 5.41) is 9.36. The predicted molar refractivity (Wildman–Crippen MR) is 65.2 cm³/mol. The first-order valence-electron chi connectivity index (χ1n) is 5.00. The van der Waals surface area contributed by atoms with Crippen LogP contribution in [-0.4, -0.2) is 4.98 Å². The maximum atomic E-state index is 8.71. The smallest absolute Gasteiger partial charge is 0.148 e. The molecule has 4 heteroatoms. The molecule has 2 aromatic rings. The SMILES string of the molecule is Cc1nc(C#N)ccc1Oc1ccc(Cl)cc1. The first-order chi connectivity index (χ1) is 8.19. The second-order valence-corrected chi connectivity index (χ2v) is 3.88. The molecule has 1 heterocycles. The summed E-state index contributed by atoms with van der Waals surface area (Å²) in [5.41, 5.74) is 1.06. The number of nitrogens with zero attached hydrogens (tertiary/aromatic N) is 2. The van der Waals surface area contributed by atoms with Crippen molar-refractivity contribution in [3.63, 3.8) is 0 Å². The van der Waals surface area contributed by atoms with Crippen LogP contribution in [0.2, 0.25) is 5.02 Å². The van der Waals surface area contributed by atoms with E-state index < -0.39 is 0 Å². The molecule has 0 atom stereocenters. The third-order valence-corrected chi connectivity index (χ3v) is 2.45. The number of aromatic nitrogens is 1. The molecule has 0 saturated carbocycles. The highest BCUT2D eigenvalue weighted by Gasteiger charge is 2.04. The molecule has 17 heavy (non-hydrogen) atoms. The minimum Gasteiger partial charge on any atom is -0.455 e. The zero-order valence-electron chi connectivity index (χ0n) is 9.14. The molecule has 0 fully saturated rings. The molecular weight excluding hydrogens is 236 g/mol. The van der Waals surface area contributed by atoms with Gasteiger partial charge in [-0.25, -0.2) is 4.98 Å².